The highest BCUT2D eigenvalue weighted by Crippen LogP contribution is 2.23. The van der Waals surface area contributed by atoms with Gasteiger partial charge in [0.15, 0.2) is 0 Å². The molecule has 1 fully saturated rings. The number of benzene rings is 2. The second-order valence-electron chi connectivity index (χ2n) is 10.2. The molecule has 3 rings (SSSR count). The van der Waals surface area contributed by atoms with E-state index in [1.54, 1.807) is 37.3 Å². The second kappa shape index (κ2) is 12.8. The van der Waals surface area contributed by atoms with E-state index in [0.717, 1.165) is 47.4 Å². The molecule has 7 nitrogen and oxygen atoms in total. The van der Waals surface area contributed by atoms with Crippen LogP contribution in [0.5, 0.6) is 0 Å². The van der Waals surface area contributed by atoms with Crippen LogP contribution in [0, 0.1) is 0 Å². The minimum absolute atomic E-state index is 0.0961. The van der Waals surface area contributed by atoms with Gasteiger partial charge < -0.3 is 10.2 Å². The van der Waals surface area contributed by atoms with Crippen molar-refractivity contribution < 1.29 is 18.0 Å². The maximum atomic E-state index is 13.7. The Kier molecular flexibility index (Phi) is 10.0. The van der Waals surface area contributed by atoms with Crippen LogP contribution < -0.4 is 9.62 Å². The summed E-state index contributed by atoms with van der Waals surface area (Å²) in [6.45, 7) is 5.51. The van der Waals surface area contributed by atoms with Crippen LogP contribution in [-0.4, -0.2) is 50.0 Å². The summed E-state index contributed by atoms with van der Waals surface area (Å²) in [6.07, 6.45) is 6.24. The van der Waals surface area contributed by atoms with Gasteiger partial charge in [-0.25, -0.2) is 8.42 Å². The van der Waals surface area contributed by atoms with E-state index in [0.29, 0.717) is 16.6 Å². The molecule has 0 saturated heterocycles. The number of nitrogens with one attached hydrogen (secondary N) is 1. The van der Waals surface area contributed by atoms with Crippen molar-refractivity contribution in [3.8, 4) is 0 Å². The zero-order valence-corrected chi connectivity index (χ0v) is 23.7. The smallest absolute Gasteiger partial charge is 0.244 e. The first-order valence-electron chi connectivity index (χ1n) is 12.9. The van der Waals surface area contributed by atoms with Crippen LogP contribution in [0.4, 0.5) is 5.69 Å². The highest BCUT2D eigenvalue weighted by molar-refractivity contribution is 7.92. The molecule has 202 valence electrons. The van der Waals surface area contributed by atoms with E-state index in [2.05, 4.69) is 19.2 Å². The van der Waals surface area contributed by atoms with E-state index in [1.807, 2.05) is 18.2 Å². The van der Waals surface area contributed by atoms with Crippen molar-refractivity contribution in [3.63, 3.8) is 0 Å². The number of nitrogens with zero attached hydrogens (tertiary/aromatic N) is 2. The molecule has 2 aromatic carbocycles. The number of amides is 2. The lowest BCUT2D eigenvalue weighted by Gasteiger charge is -2.33. The molecule has 0 unspecified atom stereocenters. The van der Waals surface area contributed by atoms with E-state index in [-0.39, 0.29) is 18.5 Å². The number of sulfonamides is 1. The second-order valence-corrected chi connectivity index (χ2v) is 12.5. The minimum Gasteiger partial charge on any atom is -0.352 e. The molecule has 1 saturated carbocycles. The van der Waals surface area contributed by atoms with E-state index in [1.165, 1.54) is 11.3 Å². The summed E-state index contributed by atoms with van der Waals surface area (Å²) in [5.41, 5.74) is 2.23. The molecular formula is C28H38ClN3O4S. The molecule has 0 aromatic heterocycles. The zero-order chi connectivity index (χ0) is 27.2. The summed E-state index contributed by atoms with van der Waals surface area (Å²) in [7, 11) is -3.76. The van der Waals surface area contributed by atoms with Gasteiger partial charge in [-0.1, -0.05) is 69.0 Å². The normalized spacial score (nSPS) is 15.3. The van der Waals surface area contributed by atoms with Gasteiger partial charge in [-0.15, -0.1) is 0 Å². The molecule has 0 heterocycles. The summed E-state index contributed by atoms with van der Waals surface area (Å²) in [5.74, 6) is -0.418. The third kappa shape index (κ3) is 8.20. The van der Waals surface area contributed by atoms with Gasteiger partial charge in [-0.05, 0) is 61.1 Å². The number of anilines is 1. The monoisotopic (exact) mass is 547 g/mol. The van der Waals surface area contributed by atoms with Gasteiger partial charge in [0.05, 0.1) is 11.9 Å². The Morgan fingerprint density at radius 1 is 1.03 bits per heavy atom. The van der Waals surface area contributed by atoms with E-state index in [4.69, 9.17) is 11.6 Å². The van der Waals surface area contributed by atoms with Gasteiger partial charge in [0.2, 0.25) is 21.8 Å². The van der Waals surface area contributed by atoms with Crippen LogP contribution >= 0.6 is 11.6 Å². The van der Waals surface area contributed by atoms with Crippen LogP contribution in [0.1, 0.15) is 69.9 Å². The van der Waals surface area contributed by atoms with Crippen molar-refractivity contribution in [1.82, 2.24) is 10.2 Å². The first-order chi connectivity index (χ1) is 17.5. The summed E-state index contributed by atoms with van der Waals surface area (Å²) in [5, 5.41) is 3.61. The Labute approximate surface area is 226 Å². The SMILES string of the molecule is CC(C)c1ccc(N(CC(=O)N(Cc2cccc(Cl)c2)[C@@H](C)C(=O)NC2CCCCC2)S(C)(=O)=O)cc1. The lowest BCUT2D eigenvalue weighted by atomic mass is 9.95. The molecular weight excluding hydrogens is 510 g/mol. The van der Waals surface area contributed by atoms with Gasteiger partial charge in [0, 0.05) is 17.6 Å². The fourth-order valence-electron chi connectivity index (χ4n) is 4.62. The molecule has 1 aliphatic carbocycles. The van der Waals surface area contributed by atoms with Crippen molar-refractivity contribution >= 4 is 39.1 Å². The topological polar surface area (TPSA) is 86.8 Å². The maximum absolute atomic E-state index is 13.7. The molecule has 0 spiro atoms. The molecule has 0 aliphatic heterocycles. The number of carbonyl (C=O) groups is 2. The van der Waals surface area contributed by atoms with Crippen LogP contribution in [0.2, 0.25) is 5.02 Å². The molecule has 2 aromatic rings. The molecule has 0 bridgehead atoms. The van der Waals surface area contributed by atoms with Crippen molar-refractivity contribution in [2.45, 2.75) is 77.4 Å². The Balaban J connectivity index is 1.87. The standard InChI is InChI=1S/C28H38ClN3O4S/c1-20(2)23-13-15-26(16-14-23)32(37(4,35)36)19-27(33)31(18-22-9-8-10-24(29)17-22)21(3)28(34)30-25-11-6-5-7-12-25/h8-10,13-17,20-21,25H,5-7,11-12,18-19H2,1-4H3,(H,30,34)/t21-/m0/s1. The zero-order valence-electron chi connectivity index (χ0n) is 22.1. The third-order valence-electron chi connectivity index (χ3n) is 6.89. The minimum atomic E-state index is -3.76. The third-order valence-corrected chi connectivity index (χ3v) is 8.26. The van der Waals surface area contributed by atoms with Gasteiger partial charge in [-0.2, -0.15) is 0 Å². The number of hydrogen-bond donors (Lipinski definition) is 1. The first kappa shape index (κ1) is 29.0. The lowest BCUT2D eigenvalue weighted by Crippen LogP contribution is -2.52. The Hall–Kier alpha value is -2.58. The molecule has 9 heteroatoms. The van der Waals surface area contributed by atoms with Crippen LogP contribution in [0.3, 0.4) is 0 Å². The van der Waals surface area contributed by atoms with Crippen molar-refractivity contribution in [3.05, 3.63) is 64.7 Å². The molecule has 1 aliphatic rings. The molecule has 2 amide bonds. The highest BCUT2D eigenvalue weighted by Gasteiger charge is 2.31. The molecule has 37 heavy (non-hydrogen) atoms. The largest absolute Gasteiger partial charge is 0.352 e. The number of carbonyl (C=O) groups excluding carboxylic acids is 2. The summed E-state index contributed by atoms with van der Waals surface area (Å²) < 4.78 is 26.6. The lowest BCUT2D eigenvalue weighted by molar-refractivity contribution is -0.139. The molecule has 1 N–H and O–H groups in total. The maximum Gasteiger partial charge on any atom is 0.244 e. The molecule has 0 radical (unpaired) electrons. The van der Waals surface area contributed by atoms with Gasteiger partial charge in [0.1, 0.15) is 12.6 Å². The van der Waals surface area contributed by atoms with Gasteiger partial charge in [0.25, 0.3) is 0 Å². The number of rotatable bonds is 10. The highest BCUT2D eigenvalue weighted by atomic mass is 35.5. The van der Waals surface area contributed by atoms with E-state index < -0.39 is 28.5 Å². The number of halogens is 1. The van der Waals surface area contributed by atoms with Crippen molar-refractivity contribution in [2.24, 2.45) is 0 Å². The molecule has 1 atom stereocenters. The average molecular weight is 548 g/mol. The van der Waals surface area contributed by atoms with Gasteiger partial charge in [-0.3, -0.25) is 13.9 Å². The Bertz CT molecular complexity index is 1180. The quantitative estimate of drug-likeness (QED) is 0.448. The van der Waals surface area contributed by atoms with Crippen molar-refractivity contribution in [2.75, 3.05) is 17.1 Å². The van der Waals surface area contributed by atoms with Crippen molar-refractivity contribution in [1.29, 1.82) is 0 Å². The Morgan fingerprint density at radius 2 is 1.68 bits per heavy atom. The van der Waals surface area contributed by atoms with Crippen LogP contribution in [0.15, 0.2) is 48.5 Å². The van der Waals surface area contributed by atoms with Crippen LogP contribution in [-0.2, 0) is 26.2 Å². The van der Waals surface area contributed by atoms with E-state index in [9.17, 15) is 18.0 Å². The summed E-state index contributed by atoms with van der Waals surface area (Å²) in [6, 6.07) is 13.6. The first-order valence-corrected chi connectivity index (χ1v) is 15.1. The predicted molar refractivity (Wildman–Crippen MR) is 149 cm³/mol. The van der Waals surface area contributed by atoms with Crippen LogP contribution in [0.25, 0.3) is 0 Å². The average Bonchev–Trinajstić information content (AvgIpc) is 2.85. The van der Waals surface area contributed by atoms with E-state index >= 15 is 0 Å². The summed E-state index contributed by atoms with van der Waals surface area (Å²) >= 11 is 6.17. The number of hydrogen-bond acceptors (Lipinski definition) is 4. The van der Waals surface area contributed by atoms with Gasteiger partial charge >= 0.3 is 0 Å². The predicted octanol–water partition coefficient (Wildman–Crippen LogP) is 5.10. The fraction of sp³-hybridized carbons (Fsp3) is 0.500. The Morgan fingerprint density at radius 3 is 2.24 bits per heavy atom. The summed E-state index contributed by atoms with van der Waals surface area (Å²) in [4.78, 5) is 28.3. The fourth-order valence-corrected chi connectivity index (χ4v) is 5.69.